The summed E-state index contributed by atoms with van der Waals surface area (Å²) < 4.78 is 26.0. The third kappa shape index (κ3) is 3.12. The molecule has 0 N–H and O–H groups in total. The van der Waals surface area contributed by atoms with Crippen LogP contribution in [0.5, 0.6) is 0 Å². The number of halogens is 2. The van der Waals surface area contributed by atoms with Gasteiger partial charge in [-0.1, -0.05) is 41.4 Å². The van der Waals surface area contributed by atoms with Crippen molar-refractivity contribution in [2.45, 2.75) is 11.4 Å². The van der Waals surface area contributed by atoms with Gasteiger partial charge in [0.05, 0.1) is 0 Å². The molecule has 2 rings (SSSR count). The van der Waals surface area contributed by atoms with Gasteiger partial charge >= 0.3 is 0 Å². The van der Waals surface area contributed by atoms with Crippen molar-refractivity contribution in [3.63, 3.8) is 0 Å². The van der Waals surface area contributed by atoms with Gasteiger partial charge in [-0.2, -0.15) is 4.31 Å². The van der Waals surface area contributed by atoms with Crippen molar-refractivity contribution in [2.75, 3.05) is 7.05 Å². The number of pyridine rings is 1. The highest BCUT2D eigenvalue weighted by atomic mass is 35.5. The highest BCUT2D eigenvalue weighted by Gasteiger charge is 2.24. The van der Waals surface area contributed by atoms with E-state index in [0.29, 0.717) is 5.02 Å². The predicted molar refractivity (Wildman–Crippen MR) is 79.4 cm³/mol. The summed E-state index contributed by atoms with van der Waals surface area (Å²) in [5, 5.41) is 0.477. The van der Waals surface area contributed by atoms with Crippen LogP contribution in [0.25, 0.3) is 0 Å². The quantitative estimate of drug-likeness (QED) is 0.809. The van der Waals surface area contributed by atoms with Gasteiger partial charge in [0.25, 0.3) is 0 Å². The Hall–Kier alpha value is -1.14. The van der Waals surface area contributed by atoms with Gasteiger partial charge in [-0.3, -0.25) is 0 Å². The van der Waals surface area contributed by atoms with E-state index in [1.165, 1.54) is 29.7 Å². The van der Waals surface area contributed by atoms with Crippen LogP contribution in [0, 0.1) is 0 Å². The van der Waals surface area contributed by atoms with Crippen molar-refractivity contribution in [3.8, 4) is 0 Å². The largest absolute Gasteiger partial charge is 0.246 e. The topological polar surface area (TPSA) is 50.3 Å². The van der Waals surface area contributed by atoms with Crippen LogP contribution in [0.2, 0.25) is 10.2 Å². The van der Waals surface area contributed by atoms with Gasteiger partial charge in [0, 0.05) is 24.8 Å². The first-order chi connectivity index (χ1) is 9.43. The molecule has 0 bridgehead atoms. The molecule has 2 aromatic rings. The summed E-state index contributed by atoms with van der Waals surface area (Å²) in [6, 6.07) is 10.0. The lowest BCUT2D eigenvalue weighted by atomic mass is 10.2. The molecule has 106 valence electrons. The van der Waals surface area contributed by atoms with Crippen LogP contribution in [0.4, 0.5) is 0 Å². The number of hydrogen-bond donors (Lipinski definition) is 0. The van der Waals surface area contributed by atoms with Gasteiger partial charge in [-0.05, 0) is 23.8 Å². The van der Waals surface area contributed by atoms with E-state index in [1.54, 1.807) is 24.3 Å². The minimum absolute atomic E-state index is 0.0174. The summed E-state index contributed by atoms with van der Waals surface area (Å²) in [6.45, 7) is 0.160. The van der Waals surface area contributed by atoms with Gasteiger partial charge in [0.15, 0.2) is 0 Å². The zero-order valence-electron chi connectivity index (χ0n) is 10.6. The number of sulfonamides is 1. The lowest BCUT2D eigenvalue weighted by Gasteiger charge is -2.18. The maximum atomic E-state index is 12.4. The van der Waals surface area contributed by atoms with Crippen molar-refractivity contribution in [3.05, 3.63) is 58.3 Å². The number of nitrogens with zero attached hydrogens (tertiary/aromatic N) is 2. The Bertz CT molecular complexity index is 720. The molecule has 0 fully saturated rings. The van der Waals surface area contributed by atoms with Crippen molar-refractivity contribution in [1.82, 2.24) is 9.29 Å². The molecule has 1 aromatic carbocycles. The first-order valence-corrected chi connectivity index (χ1v) is 7.93. The van der Waals surface area contributed by atoms with Crippen LogP contribution in [0.15, 0.2) is 47.5 Å². The zero-order valence-corrected chi connectivity index (χ0v) is 13.0. The SMILES string of the molecule is CN(Cc1ccccc1Cl)S(=O)(=O)c1cccnc1Cl. The number of rotatable bonds is 4. The Morgan fingerprint density at radius 1 is 1.15 bits per heavy atom. The Morgan fingerprint density at radius 2 is 1.85 bits per heavy atom. The maximum absolute atomic E-state index is 12.4. The van der Waals surface area contributed by atoms with E-state index in [0.717, 1.165) is 5.56 Å². The van der Waals surface area contributed by atoms with Gasteiger partial charge < -0.3 is 0 Å². The highest BCUT2D eigenvalue weighted by Crippen LogP contribution is 2.24. The number of aromatic nitrogens is 1. The minimum Gasteiger partial charge on any atom is -0.243 e. The standard InChI is InChI=1S/C13H12Cl2N2O2S/c1-17(9-10-5-2-3-6-11(10)14)20(18,19)12-7-4-8-16-13(12)15/h2-8H,9H2,1H3. The summed E-state index contributed by atoms with van der Waals surface area (Å²) >= 11 is 11.9. The molecular weight excluding hydrogens is 319 g/mol. The smallest absolute Gasteiger partial charge is 0.243 e. The van der Waals surface area contributed by atoms with E-state index in [4.69, 9.17) is 23.2 Å². The third-order valence-electron chi connectivity index (χ3n) is 2.76. The van der Waals surface area contributed by atoms with E-state index in [9.17, 15) is 8.42 Å². The number of benzene rings is 1. The van der Waals surface area contributed by atoms with Crippen LogP contribution in [-0.2, 0) is 16.6 Å². The van der Waals surface area contributed by atoms with Gasteiger partial charge in [-0.15, -0.1) is 0 Å². The van der Waals surface area contributed by atoms with Crippen LogP contribution >= 0.6 is 23.2 Å². The second kappa shape index (κ2) is 6.10. The van der Waals surface area contributed by atoms with Crippen LogP contribution < -0.4 is 0 Å². The van der Waals surface area contributed by atoms with Gasteiger partial charge in [0.1, 0.15) is 10.0 Å². The molecule has 0 amide bonds. The van der Waals surface area contributed by atoms with E-state index in [-0.39, 0.29) is 16.6 Å². The lowest BCUT2D eigenvalue weighted by molar-refractivity contribution is 0.466. The Labute approximate surface area is 128 Å². The molecule has 1 heterocycles. The average Bonchev–Trinajstić information content (AvgIpc) is 2.41. The Kier molecular flexibility index (Phi) is 4.65. The fourth-order valence-corrected chi connectivity index (χ4v) is 3.45. The molecule has 7 heteroatoms. The summed E-state index contributed by atoms with van der Waals surface area (Å²) in [5.74, 6) is 0. The molecule has 0 unspecified atom stereocenters. The van der Waals surface area contributed by atoms with Gasteiger partial charge in [0.2, 0.25) is 10.0 Å². The van der Waals surface area contributed by atoms with Gasteiger partial charge in [-0.25, -0.2) is 13.4 Å². The number of hydrogen-bond acceptors (Lipinski definition) is 3. The first-order valence-electron chi connectivity index (χ1n) is 5.73. The first kappa shape index (κ1) is 15.3. The molecule has 0 aliphatic rings. The fourth-order valence-electron chi connectivity index (χ4n) is 1.68. The highest BCUT2D eigenvalue weighted by molar-refractivity contribution is 7.89. The second-order valence-electron chi connectivity index (χ2n) is 4.14. The molecule has 0 aliphatic carbocycles. The molecule has 20 heavy (non-hydrogen) atoms. The van der Waals surface area contributed by atoms with Crippen molar-refractivity contribution < 1.29 is 8.42 Å². The fraction of sp³-hybridized carbons (Fsp3) is 0.154. The summed E-state index contributed by atoms with van der Waals surface area (Å²) in [6.07, 6.45) is 1.44. The molecule has 0 spiro atoms. The Morgan fingerprint density at radius 3 is 2.50 bits per heavy atom. The Balaban J connectivity index is 2.31. The van der Waals surface area contributed by atoms with E-state index in [1.807, 2.05) is 0 Å². The van der Waals surface area contributed by atoms with Crippen LogP contribution in [0.3, 0.4) is 0 Å². The normalized spacial score (nSPS) is 11.8. The molecule has 0 saturated carbocycles. The van der Waals surface area contributed by atoms with Crippen molar-refractivity contribution in [1.29, 1.82) is 0 Å². The summed E-state index contributed by atoms with van der Waals surface area (Å²) in [7, 11) is -2.23. The summed E-state index contributed by atoms with van der Waals surface area (Å²) in [5.41, 5.74) is 0.722. The molecule has 0 aliphatic heterocycles. The second-order valence-corrected chi connectivity index (χ2v) is 6.92. The molecule has 1 aromatic heterocycles. The van der Waals surface area contributed by atoms with E-state index >= 15 is 0 Å². The van der Waals surface area contributed by atoms with Crippen LogP contribution in [0.1, 0.15) is 5.56 Å². The third-order valence-corrected chi connectivity index (χ3v) is 5.38. The van der Waals surface area contributed by atoms with Crippen LogP contribution in [-0.4, -0.2) is 24.8 Å². The van der Waals surface area contributed by atoms with Crippen molar-refractivity contribution >= 4 is 33.2 Å². The molecular formula is C13H12Cl2N2O2S. The average molecular weight is 331 g/mol. The molecule has 0 atom stereocenters. The van der Waals surface area contributed by atoms with Crippen molar-refractivity contribution in [2.24, 2.45) is 0 Å². The lowest BCUT2D eigenvalue weighted by Crippen LogP contribution is -2.27. The molecule has 0 radical (unpaired) electrons. The monoisotopic (exact) mass is 330 g/mol. The molecule has 4 nitrogen and oxygen atoms in total. The van der Waals surface area contributed by atoms with E-state index in [2.05, 4.69) is 4.98 Å². The predicted octanol–water partition coefficient (Wildman–Crippen LogP) is 3.21. The zero-order chi connectivity index (χ0) is 14.8. The summed E-state index contributed by atoms with van der Waals surface area (Å²) in [4.78, 5) is 3.77. The maximum Gasteiger partial charge on any atom is 0.246 e. The minimum atomic E-state index is -3.70. The van der Waals surface area contributed by atoms with E-state index < -0.39 is 10.0 Å². The molecule has 0 saturated heterocycles.